The molecule has 3 aliphatic rings. The number of thiazole rings is 1. The second-order valence-electron chi connectivity index (χ2n) is 12.6. The van der Waals surface area contributed by atoms with E-state index in [1.165, 1.54) is 23.5 Å². The number of carbonyl (C=O) groups excluding carboxylic acids is 1. The molecule has 1 saturated carbocycles. The predicted octanol–water partition coefficient (Wildman–Crippen LogP) is 5.31. The average molecular weight is 614 g/mol. The van der Waals surface area contributed by atoms with Gasteiger partial charge in [-0.15, -0.1) is 0 Å². The zero-order valence-electron chi connectivity index (χ0n) is 25.3. The van der Waals surface area contributed by atoms with Gasteiger partial charge in [0.15, 0.2) is 5.13 Å². The Kier molecular flexibility index (Phi) is 7.09. The standard InChI is InChI=1S/C33H36FN7O2S/c1-4-26-30(38(3)32-36-29(28(17-35)44-32)21-5-7-23(34)8-6-21)27-14-24(13-20(2)41(27)37-26)39-11-9-33(10-12-39)15-22(16-33)31(43)40-18-25(42)19-40/h5-8,13-14,22,25,42H,4,9-12,15-16,18-19H2,1-3H3. The van der Waals surface area contributed by atoms with Crippen LogP contribution in [0.5, 0.6) is 0 Å². The largest absolute Gasteiger partial charge is 0.389 e. The van der Waals surface area contributed by atoms with E-state index in [9.17, 15) is 19.6 Å². The van der Waals surface area contributed by atoms with Gasteiger partial charge in [-0.2, -0.15) is 10.4 Å². The van der Waals surface area contributed by atoms with E-state index in [4.69, 9.17) is 10.1 Å². The Labute approximate surface area is 260 Å². The molecule has 9 nitrogen and oxygen atoms in total. The van der Waals surface area contributed by atoms with Crippen LogP contribution in [0.4, 0.5) is 20.9 Å². The third-order valence-corrected chi connectivity index (χ3v) is 10.8. The molecule has 11 heteroatoms. The van der Waals surface area contributed by atoms with Crippen LogP contribution in [0.15, 0.2) is 36.4 Å². The first kappa shape index (κ1) is 28.7. The maximum Gasteiger partial charge on any atom is 0.225 e. The fourth-order valence-corrected chi connectivity index (χ4v) is 8.09. The Hall–Kier alpha value is -4.01. The van der Waals surface area contributed by atoms with E-state index < -0.39 is 0 Å². The topological polar surface area (TPSA) is 101 Å². The fourth-order valence-electron chi connectivity index (χ4n) is 7.24. The number of aliphatic hydroxyl groups excluding tert-OH is 1. The minimum Gasteiger partial charge on any atom is -0.389 e. The second-order valence-corrected chi connectivity index (χ2v) is 13.6. The number of carbonyl (C=O) groups is 1. The molecule has 0 radical (unpaired) electrons. The van der Waals surface area contributed by atoms with Crippen LogP contribution in [0.25, 0.3) is 16.8 Å². The minimum absolute atomic E-state index is 0.112. The molecule has 3 fully saturated rings. The molecule has 0 bridgehead atoms. The summed E-state index contributed by atoms with van der Waals surface area (Å²) in [5.41, 5.74) is 6.61. The number of aliphatic hydroxyl groups is 1. The molecule has 1 aliphatic carbocycles. The number of hydrogen-bond acceptors (Lipinski definition) is 8. The van der Waals surface area contributed by atoms with Gasteiger partial charge in [0.2, 0.25) is 5.91 Å². The Morgan fingerprint density at radius 3 is 2.55 bits per heavy atom. The first-order chi connectivity index (χ1) is 21.2. The highest BCUT2D eigenvalue weighted by molar-refractivity contribution is 7.16. The monoisotopic (exact) mass is 613 g/mol. The number of rotatable bonds is 6. The maximum absolute atomic E-state index is 13.6. The Balaban J connectivity index is 1.13. The number of fused-ring (bicyclic) bond motifs is 1. The number of nitriles is 1. The SMILES string of the molecule is CCc1nn2c(C)cc(N3CCC4(CC3)CC(C(=O)N3CC(O)C3)C4)cc2c1N(C)c1nc(-c2ccc(F)cc2)c(C#N)s1. The van der Waals surface area contributed by atoms with E-state index in [1.54, 1.807) is 17.0 Å². The Morgan fingerprint density at radius 2 is 1.91 bits per heavy atom. The van der Waals surface area contributed by atoms with E-state index in [0.29, 0.717) is 34.4 Å². The molecule has 7 rings (SSSR count). The number of likely N-dealkylation sites (tertiary alicyclic amines) is 1. The van der Waals surface area contributed by atoms with Crippen LogP contribution >= 0.6 is 11.3 Å². The number of aromatic nitrogens is 3. The van der Waals surface area contributed by atoms with Gasteiger partial charge in [0, 0.05) is 56.1 Å². The molecule has 1 N–H and O–H groups in total. The van der Waals surface area contributed by atoms with Crippen molar-refractivity contribution < 1.29 is 14.3 Å². The average Bonchev–Trinajstić information content (AvgIpc) is 3.60. The van der Waals surface area contributed by atoms with Crippen LogP contribution in [0, 0.1) is 35.4 Å². The summed E-state index contributed by atoms with van der Waals surface area (Å²) in [5, 5.41) is 25.1. The molecular weight excluding hydrogens is 577 g/mol. The summed E-state index contributed by atoms with van der Waals surface area (Å²) in [4.78, 5) is 24.3. The van der Waals surface area contributed by atoms with Crippen molar-refractivity contribution in [3.8, 4) is 17.3 Å². The molecule has 2 aliphatic heterocycles. The maximum atomic E-state index is 13.6. The lowest BCUT2D eigenvalue weighted by atomic mass is 9.57. The highest BCUT2D eigenvalue weighted by atomic mass is 32.1. The summed E-state index contributed by atoms with van der Waals surface area (Å²) < 4.78 is 15.6. The zero-order chi connectivity index (χ0) is 30.7. The minimum atomic E-state index is -0.350. The van der Waals surface area contributed by atoms with Crippen molar-refractivity contribution in [3.05, 3.63) is 58.5 Å². The van der Waals surface area contributed by atoms with Gasteiger partial charge < -0.3 is 19.8 Å². The molecule has 0 atom stereocenters. The van der Waals surface area contributed by atoms with E-state index >= 15 is 0 Å². The fraction of sp³-hybridized carbons (Fsp3) is 0.455. The van der Waals surface area contributed by atoms with Crippen molar-refractivity contribution in [2.75, 3.05) is 43.0 Å². The number of pyridine rings is 1. The summed E-state index contributed by atoms with van der Waals surface area (Å²) >= 11 is 1.32. The predicted molar refractivity (Wildman–Crippen MR) is 169 cm³/mol. The molecule has 228 valence electrons. The number of aryl methyl sites for hydroxylation is 2. The summed E-state index contributed by atoms with van der Waals surface area (Å²) in [6.45, 7) is 7.03. The van der Waals surface area contributed by atoms with Gasteiger partial charge in [-0.25, -0.2) is 13.9 Å². The molecule has 1 spiro atoms. The van der Waals surface area contributed by atoms with Crippen LogP contribution in [0.2, 0.25) is 0 Å². The number of piperidine rings is 1. The molecular formula is C33H36FN7O2S. The molecule has 44 heavy (non-hydrogen) atoms. The third kappa shape index (κ3) is 4.81. The first-order valence-corrected chi connectivity index (χ1v) is 16.1. The van der Waals surface area contributed by atoms with Gasteiger partial charge in [0.25, 0.3) is 0 Å². The number of hydrogen-bond donors (Lipinski definition) is 1. The molecule has 1 amide bonds. The van der Waals surface area contributed by atoms with Crippen molar-refractivity contribution in [2.45, 2.75) is 52.1 Å². The number of halogens is 1. The summed E-state index contributed by atoms with van der Waals surface area (Å²) in [5.74, 6) is 0.00547. The lowest BCUT2D eigenvalue weighted by Gasteiger charge is -2.53. The summed E-state index contributed by atoms with van der Waals surface area (Å²) in [6, 6.07) is 12.8. The van der Waals surface area contributed by atoms with Crippen molar-refractivity contribution in [1.29, 1.82) is 5.26 Å². The normalized spacial score (nSPS) is 18.4. The lowest BCUT2D eigenvalue weighted by molar-refractivity contribution is -0.154. The number of benzene rings is 1. The molecule has 5 heterocycles. The zero-order valence-corrected chi connectivity index (χ0v) is 26.1. The van der Waals surface area contributed by atoms with Crippen molar-refractivity contribution in [3.63, 3.8) is 0 Å². The lowest BCUT2D eigenvalue weighted by Crippen LogP contribution is -2.58. The van der Waals surface area contributed by atoms with Gasteiger partial charge in [-0.1, -0.05) is 18.3 Å². The molecule has 2 saturated heterocycles. The van der Waals surface area contributed by atoms with Gasteiger partial charge in [0.05, 0.1) is 23.0 Å². The van der Waals surface area contributed by atoms with Crippen LogP contribution < -0.4 is 9.80 Å². The molecule has 3 aromatic heterocycles. The Morgan fingerprint density at radius 1 is 1.20 bits per heavy atom. The van der Waals surface area contributed by atoms with Crippen LogP contribution in [-0.2, 0) is 11.2 Å². The van der Waals surface area contributed by atoms with E-state index in [-0.39, 0.29) is 29.2 Å². The van der Waals surface area contributed by atoms with E-state index in [2.05, 4.69) is 36.9 Å². The highest BCUT2D eigenvalue weighted by Crippen LogP contribution is 2.53. The number of nitrogens with zero attached hydrogens (tertiary/aromatic N) is 7. The van der Waals surface area contributed by atoms with Gasteiger partial charge in [0.1, 0.15) is 22.5 Å². The highest BCUT2D eigenvalue weighted by Gasteiger charge is 2.50. The van der Waals surface area contributed by atoms with Crippen LogP contribution in [-0.4, -0.2) is 69.8 Å². The Bertz CT molecular complexity index is 1770. The van der Waals surface area contributed by atoms with Crippen LogP contribution in [0.1, 0.15) is 48.9 Å². The van der Waals surface area contributed by atoms with Gasteiger partial charge >= 0.3 is 0 Å². The van der Waals surface area contributed by atoms with E-state index in [0.717, 1.165) is 73.5 Å². The quantitative estimate of drug-likeness (QED) is 0.315. The van der Waals surface area contributed by atoms with Crippen molar-refractivity contribution in [2.24, 2.45) is 11.3 Å². The number of amides is 1. The van der Waals surface area contributed by atoms with Gasteiger partial charge in [-0.05, 0) is 80.8 Å². The molecule has 1 aromatic carbocycles. The van der Waals surface area contributed by atoms with Crippen molar-refractivity contribution in [1.82, 2.24) is 19.5 Å². The van der Waals surface area contributed by atoms with Crippen LogP contribution in [0.3, 0.4) is 0 Å². The summed E-state index contributed by atoms with van der Waals surface area (Å²) in [6.07, 6.45) is 4.44. The third-order valence-electron chi connectivity index (χ3n) is 9.80. The first-order valence-electron chi connectivity index (χ1n) is 15.3. The molecule has 0 unspecified atom stereocenters. The summed E-state index contributed by atoms with van der Waals surface area (Å²) in [7, 11) is 1.96. The smallest absolute Gasteiger partial charge is 0.225 e. The van der Waals surface area contributed by atoms with Gasteiger partial charge in [-0.3, -0.25) is 4.79 Å². The number of β-amino-alcohol motifs (C(OH)–C–C–N with tert-alkyl or cyclic N) is 1. The molecule has 4 aromatic rings. The second kappa shape index (κ2) is 10.9. The van der Waals surface area contributed by atoms with E-state index in [1.807, 2.05) is 16.5 Å². The van der Waals surface area contributed by atoms with Crippen molar-refractivity contribution >= 4 is 39.3 Å². The number of anilines is 3.